The number of aromatic nitrogens is 5. The summed E-state index contributed by atoms with van der Waals surface area (Å²) in [5.74, 6) is 0.472. The Balaban J connectivity index is 1.29. The number of methoxy groups -OCH3 is 2. The number of carboxylic acid groups (broad SMARTS) is 1. The zero-order valence-electron chi connectivity index (χ0n) is 27.9. The van der Waals surface area contributed by atoms with Gasteiger partial charge < -0.3 is 29.4 Å². The van der Waals surface area contributed by atoms with Gasteiger partial charge >= 0.3 is 6.09 Å². The largest absolute Gasteiger partial charge is 0.480 e. The van der Waals surface area contributed by atoms with Crippen molar-refractivity contribution in [3.05, 3.63) is 93.7 Å². The molecule has 5 aromatic rings. The summed E-state index contributed by atoms with van der Waals surface area (Å²) in [7, 11) is 3.01. The third kappa shape index (κ3) is 7.08. The summed E-state index contributed by atoms with van der Waals surface area (Å²) >= 11 is 14.1. The number of halogens is 2. The number of benzene rings is 2. The molecule has 0 spiro atoms. The molecule has 14 heteroatoms. The van der Waals surface area contributed by atoms with Crippen LogP contribution >= 0.6 is 23.2 Å². The van der Waals surface area contributed by atoms with E-state index in [0.717, 1.165) is 11.4 Å². The van der Waals surface area contributed by atoms with Crippen LogP contribution in [-0.2, 0) is 17.9 Å². The summed E-state index contributed by atoms with van der Waals surface area (Å²) in [4.78, 5) is 43.5. The first-order valence-electron chi connectivity index (χ1n) is 15.9. The molecule has 3 aromatic heterocycles. The van der Waals surface area contributed by atoms with Gasteiger partial charge in [-0.2, -0.15) is 0 Å². The van der Waals surface area contributed by atoms with Crippen LogP contribution in [0.5, 0.6) is 11.8 Å². The maximum atomic E-state index is 12.0. The number of amides is 2. The third-order valence-electron chi connectivity index (χ3n) is 8.71. The molecule has 1 fully saturated rings. The highest BCUT2D eigenvalue weighted by Crippen LogP contribution is 2.42. The number of rotatable bonds is 11. The number of hydrogen-bond acceptors (Lipinski definition) is 8. The van der Waals surface area contributed by atoms with Crippen molar-refractivity contribution in [2.75, 3.05) is 20.8 Å². The van der Waals surface area contributed by atoms with Crippen molar-refractivity contribution in [3.63, 3.8) is 0 Å². The highest BCUT2D eigenvalue weighted by molar-refractivity contribution is 6.39. The number of nitrogens with zero attached hydrogens (tertiary/aromatic N) is 6. The second-order valence-electron chi connectivity index (χ2n) is 11.9. The maximum absolute atomic E-state index is 12.0. The van der Waals surface area contributed by atoms with Crippen molar-refractivity contribution in [1.82, 2.24) is 34.7 Å². The molecule has 0 radical (unpaired) electrons. The number of hydrogen-bond donors (Lipinski definition) is 2. The average molecular weight is 717 g/mol. The Morgan fingerprint density at radius 2 is 1.40 bits per heavy atom. The number of nitrogens with one attached hydrogen (secondary N) is 1. The van der Waals surface area contributed by atoms with E-state index >= 15 is 0 Å². The van der Waals surface area contributed by atoms with Crippen molar-refractivity contribution in [2.24, 2.45) is 0 Å². The van der Waals surface area contributed by atoms with Gasteiger partial charge in [-0.1, -0.05) is 59.6 Å². The lowest BCUT2D eigenvalue weighted by Crippen LogP contribution is -2.41. The molecule has 1 saturated heterocycles. The Kier molecular flexibility index (Phi) is 10.2. The van der Waals surface area contributed by atoms with Crippen LogP contribution in [0.25, 0.3) is 33.6 Å². The Bertz CT molecular complexity index is 2070. The SMILES string of the molecule is COc1nc(-c2cccc(-c3cccc(-c4cnc(Cn5c(C)ccc5C)c(OC)n4)c3Cl)c2Cl)cnc1CN(CC1CCC(=O)N1)C(=O)O. The van der Waals surface area contributed by atoms with Crippen LogP contribution in [0.3, 0.4) is 0 Å². The Morgan fingerprint density at radius 1 is 0.880 bits per heavy atom. The molecular weight excluding hydrogens is 681 g/mol. The minimum atomic E-state index is -1.14. The molecule has 0 bridgehead atoms. The molecule has 2 amide bonds. The van der Waals surface area contributed by atoms with E-state index in [1.54, 1.807) is 13.3 Å². The van der Waals surface area contributed by atoms with E-state index in [9.17, 15) is 14.7 Å². The summed E-state index contributed by atoms with van der Waals surface area (Å²) in [6.45, 7) is 4.65. The molecule has 0 saturated carbocycles. The Labute approximate surface area is 299 Å². The topological polar surface area (TPSA) is 145 Å². The highest BCUT2D eigenvalue weighted by atomic mass is 35.5. The lowest BCUT2D eigenvalue weighted by Gasteiger charge is -2.23. The Hall–Kier alpha value is -5.20. The van der Waals surface area contributed by atoms with Gasteiger partial charge in [-0.25, -0.2) is 14.8 Å². The molecule has 12 nitrogen and oxygen atoms in total. The first kappa shape index (κ1) is 34.7. The first-order chi connectivity index (χ1) is 24.1. The quantitative estimate of drug-likeness (QED) is 0.151. The van der Waals surface area contributed by atoms with Gasteiger partial charge in [0.25, 0.3) is 0 Å². The van der Waals surface area contributed by atoms with Crippen molar-refractivity contribution in [1.29, 1.82) is 0 Å². The van der Waals surface area contributed by atoms with Gasteiger partial charge in [-0.15, -0.1) is 0 Å². The maximum Gasteiger partial charge on any atom is 0.407 e. The molecule has 6 rings (SSSR count). The minimum absolute atomic E-state index is 0.0748. The fraction of sp³-hybridized carbons (Fsp3) is 0.278. The fourth-order valence-corrected chi connectivity index (χ4v) is 6.69. The predicted octanol–water partition coefficient (Wildman–Crippen LogP) is 6.82. The molecule has 258 valence electrons. The van der Waals surface area contributed by atoms with Crippen LogP contribution in [-0.4, -0.2) is 73.3 Å². The van der Waals surface area contributed by atoms with E-state index in [0.29, 0.717) is 80.3 Å². The van der Waals surface area contributed by atoms with Gasteiger partial charge in [0.2, 0.25) is 17.7 Å². The van der Waals surface area contributed by atoms with E-state index in [2.05, 4.69) is 32.0 Å². The van der Waals surface area contributed by atoms with Crippen molar-refractivity contribution in [3.8, 4) is 45.4 Å². The van der Waals surface area contributed by atoms with Gasteiger partial charge in [0.15, 0.2) is 0 Å². The van der Waals surface area contributed by atoms with E-state index in [1.165, 1.54) is 18.2 Å². The van der Waals surface area contributed by atoms with Gasteiger partial charge in [-0.05, 0) is 32.4 Å². The van der Waals surface area contributed by atoms with Gasteiger partial charge in [0.1, 0.15) is 11.4 Å². The smallest absolute Gasteiger partial charge is 0.407 e. The second kappa shape index (κ2) is 14.7. The Morgan fingerprint density at radius 3 is 1.90 bits per heavy atom. The highest BCUT2D eigenvalue weighted by Gasteiger charge is 2.27. The summed E-state index contributed by atoms with van der Waals surface area (Å²) in [5, 5.41) is 13.4. The van der Waals surface area contributed by atoms with Crippen LogP contribution in [0.1, 0.15) is 35.6 Å². The van der Waals surface area contributed by atoms with Crippen LogP contribution in [0, 0.1) is 13.8 Å². The minimum Gasteiger partial charge on any atom is -0.480 e. The summed E-state index contributed by atoms with van der Waals surface area (Å²) < 4.78 is 13.3. The zero-order chi connectivity index (χ0) is 35.5. The molecule has 1 aliphatic rings. The molecule has 0 aliphatic carbocycles. The van der Waals surface area contributed by atoms with Gasteiger partial charge in [0, 0.05) is 52.6 Å². The van der Waals surface area contributed by atoms with E-state index in [1.807, 2.05) is 50.2 Å². The predicted molar refractivity (Wildman–Crippen MR) is 190 cm³/mol. The summed E-state index contributed by atoms with van der Waals surface area (Å²) in [5.41, 5.74) is 6.78. The van der Waals surface area contributed by atoms with Crippen LogP contribution < -0.4 is 14.8 Å². The molecular formula is C36H35Cl2N7O5. The molecule has 50 heavy (non-hydrogen) atoms. The average Bonchev–Trinajstić information content (AvgIpc) is 3.67. The standard InChI is InChI=1S/C36H35Cl2N7O5/c1-20-11-12-21(2)45(20)19-30-35(50-4)43-28(16-40-30)26-10-6-8-24(33(26)38)23-7-5-9-25(32(23)37)27-15-39-29(34(42-27)49-3)18-44(36(47)48)17-22-13-14-31(46)41-22/h5-12,15-16,22H,13-14,17-19H2,1-4H3,(H,41,46)(H,47,48). The molecule has 1 aliphatic heterocycles. The summed E-state index contributed by atoms with van der Waals surface area (Å²) in [6.07, 6.45) is 3.01. The normalized spacial score (nSPS) is 14.0. The second-order valence-corrected chi connectivity index (χ2v) is 12.7. The first-order valence-corrected chi connectivity index (χ1v) is 16.6. The molecule has 2 aromatic carbocycles. The number of ether oxygens (including phenoxy) is 2. The van der Waals surface area contributed by atoms with Crippen LogP contribution in [0.4, 0.5) is 4.79 Å². The number of carbonyl (C=O) groups excluding carboxylic acids is 1. The molecule has 1 unspecified atom stereocenters. The zero-order valence-corrected chi connectivity index (χ0v) is 29.4. The fourth-order valence-electron chi connectivity index (χ4n) is 6.04. The van der Waals surface area contributed by atoms with Crippen molar-refractivity contribution in [2.45, 2.75) is 45.8 Å². The number of carbonyl (C=O) groups is 2. The van der Waals surface area contributed by atoms with Gasteiger partial charge in [-0.3, -0.25) is 14.8 Å². The molecule has 2 N–H and O–H groups in total. The lowest BCUT2D eigenvalue weighted by atomic mass is 9.98. The van der Waals surface area contributed by atoms with Gasteiger partial charge in [0.05, 0.1) is 61.1 Å². The lowest BCUT2D eigenvalue weighted by molar-refractivity contribution is -0.119. The van der Waals surface area contributed by atoms with Crippen molar-refractivity contribution < 1.29 is 24.2 Å². The molecule has 4 heterocycles. The van der Waals surface area contributed by atoms with E-state index in [4.69, 9.17) is 42.6 Å². The van der Waals surface area contributed by atoms with Crippen LogP contribution in [0.2, 0.25) is 10.0 Å². The molecule has 1 atom stereocenters. The van der Waals surface area contributed by atoms with E-state index < -0.39 is 6.09 Å². The third-order valence-corrected chi connectivity index (χ3v) is 9.53. The van der Waals surface area contributed by atoms with E-state index in [-0.39, 0.29) is 30.9 Å². The van der Waals surface area contributed by atoms with Crippen molar-refractivity contribution >= 4 is 35.2 Å². The monoisotopic (exact) mass is 715 g/mol. The van der Waals surface area contributed by atoms with Crippen LogP contribution in [0.15, 0.2) is 60.9 Å². The number of aryl methyl sites for hydroxylation is 2. The summed E-state index contributed by atoms with van der Waals surface area (Å²) in [6, 6.07) is 15.0.